The highest BCUT2D eigenvalue weighted by Crippen LogP contribution is 2.24. The van der Waals surface area contributed by atoms with Crippen LogP contribution in [0.4, 0.5) is 11.4 Å². The van der Waals surface area contributed by atoms with Crippen molar-refractivity contribution in [1.82, 2.24) is 5.43 Å². The van der Waals surface area contributed by atoms with Crippen molar-refractivity contribution in [2.45, 2.75) is 20.8 Å². The Balaban J connectivity index is 1.60. The van der Waals surface area contributed by atoms with Gasteiger partial charge in [-0.25, -0.2) is 5.43 Å². The molecule has 0 aliphatic rings. The van der Waals surface area contributed by atoms with Crippen molar-refractivity contribution in [3.63, 3.8) is 0 Å². The SMILES string of the molecule is Cc1cc(C)c(NC(=O)COc2ccc(Br)cc2/C=N\NC(=O)C(=O)Nc2cccc(Cl)c2)c(C)c1. The molecule has 0 fully saturated rings. The van der Waals surface area contributed by atoms with E-state index < -0.39 is 11.8 Å². The number of hydrogen-bond donors (Lipinski definition) is 3. The van der Waals surface area contributed by atoms with Crippen molar-refractivity contribution in [2.75, 3.05) is 17.2 Å². The first-order valence-electron chi connectivity index (χ1n) is 10.8. The predicted molar refractivity (Wildman–Crippen MR) is 145 cm³/mol. The molecule has 0 bridgehead atoms. The maximum atomic E-state index is 12.5. The van der Waals surface area contributed by atoms with E-state index in [2.05, 4.69) is 37.1 Å². The second kappa shape index (κ2) is 12.3. The lowest BCUT2D eigenvalue weighted by Gasteiger charge is -2.14. The molecule has 0 radical (unpaired) electrons. The van der Waals surface area contributed by atoms with Crippen molar-refractivity contribution in [2.24, 2.45) is 5.10 Å². The van der Waals surface area contributed by atoms with Crippen LogP contribution in [0.15, 0.2) is 64.2 Å². The fraction of sp³-hybridized carbons (Fsp3) is 0.154. The second-order valence-corrected chi connectivity index (χ2v) is 9.31. The lowest BCUT2D eigenvalue weighted by molar-refractivity contribution is -0.136. The molecule has 0 saturated heterocycles. The van der Waals surface area contributed by atoms with E-state index >= 15 is 0 Å². The molecule has 0 atom stereocenters. The summed E-state index contributed by atoms with van der Waals surface area (Å²) in [5.41, 5.74) is 6.83. The monoisotopic (exact) mass is 570 g/mol. The molecule has 3 aromatic rings. The number of amides is 3. The van der Waals surface area contributed by atoms with Crippen molar-refractivity contribution in [3.05, 3.63) is 86.3 Å². The summed E-state index contributed by atoms with van der Waals surface area (Å²) in [5.74, 6) is -1.82. The fourth-order valence-electron chi connectivity index (χ4n) is 3.41. The molecule has 186 valence electrons. The van der Waals surface area contributed by atoms with Gasteiger partial charge in [0.25, 0.3) is 5.91 Å². The smallest absolute Gasteiger partial charge is 0.329 e. The quantitative estimate of drug-likeness (QED) is 0.207. The van der Waals surface area contributed by atoms with Gasteiger partial charge in [0.1, 0.15) is 5.75 Å². The van der Waals surface area contributed by atoms with Gasteiger partial charge in [-0.1, -0.05) is 51.3 Å². The van der Waals surface area contributed by atoms with Gasteiger partial charge in [-0.3, -0.25) is 14.4 Å². The molecule has 0 aliphatic heterocycles. The molecule has 0 spiro atoms. The summed E-state index contributed by atoms with van der Waals surface area (Å²) in [7, 11) is 0. The number of nitrogens with one attached hydrogen (secondary N) is 3. The van der Waals surface area contributed by atoms with Crippen LogP contribution < -0.4 is 20.8 Å². The Morgan fingerprint density at radius 2 is 1.69 bits per heavy atom. The van der Waals surface area contributed by atoms with E-state index in [4.69, 9.17) is 16.3 Å². The van der Waals surface area contributed by atoms with Crippen LogP contribution in [0.25, 0.3) is 0 Å². The number of hydrogen-bond acceptors (Lipinski definition) is 5. The molecular weight excluding hydrogens is 548 g/mol. The van der Waals surface area contributed by atoms with E-state index in [0.717, 1.165) is 26.9 Å². The van der Waals surface area contributed by atoms with Crippen LogP contribution in [0.1, 0.15) is 22.3 Å². The molecule has 0 saturated carbocycles. The highest BCUT2D eigenvalue weighted by molar-refractivity contribution is 9.10. The molecule has 0 aliphatic carbocycles. The Kier molecular flexibility index (Phi) is 9.21. The van der Waals surface area contributed by atoms with Gasteiger partial charge < -0.3 is 15.4 Å². The third kappa shape index (κ3) is 7.66. The summed E-state index contributed by atoms with van der Waals surface area (Å²) in [6.07, 6.45) is 1.32. The largest absolute Gasteiger partial charge is 0.483 e. The Bertz CT molecular complexity index is 1320. The molecule has 3 rings (SSSR count). The van der Waals surface area contributed by atoms with Gasteiger partial charge in [0.05, 0.1) is 6.21 Å². The van der Waals surface area contributed by atoms with Crippen LogP contribution in [0, 0.1) is 20.8 Å². The number of carbonyl (C=O) groups excluding carboxylic acids is 3. The van der Waals surface area contributed by atoms with Crippen LogP contribution in [0.5, 0.6) is 5.75 Å². The van der Waals surface area contributed by atoms with Crippen LogP contribution in [0.3, 0.4) is 0 Å². The Labute approximate surface area is 222 Å². The molecule has 0 aromatic heterocycles. The highest BCUT2D eigenvalue weighted by Gasteiger charge is 2.14. The Morgan fingerprint density at radius 1 is 0.972 bits per heavy atom. The summed E-state index contributed by atoms with van der Waals surface area (Å²) >= 11 is 9.25. The van der Waals surface area contributed by atoms with Gasteiger partial charge in [0, 0.05) is 26.4 Å². The minimum absolute atomic E-state index is 0.233. The summed E-state index contributed by atoms with van der Waals surface area (Å²) in [5, 5.41) is 9.57. The fourth-order valence-corrected chi connectivity index (χ4v) is 3.98. The molecule has 3 amide bonds. The van der Waals surface area contributed by atoms with Crippen molar-refractivity contribution < 1.29 is 19.1 Å². The molecule has 0 heterocycles. The van der Waals surface area contributed by atoms with Crippen LogP contribution >= 0.6 is 27.5 Å². The third-order valence-corrected chi connectivity index (χ3v) is 5.66. The lowest BCUT2D eigenvalue weighted by atomic mass is 10.1. The number of rotatable bonds is 7. The minimum Gasteiger partial charge on any atom is -0.483 e. The molecule has 10 heteroatoms. The first-order chi connectivity index (χ1) is 17.1. The Morgan fingerprint density at radius 3 is 2.39 bits per heavy atom. The molecule has 0 unspecified atom stereocenters. The summed E-state index contributed by atoms with van der Waals surface area (Å²) in [6.45, 7) is 5.63. The van der Waals surface area contributed by atoms with E-state index in [9.17, 15) is 14.4 Å². The average Bonchev–Trinajstić information content (AvgIpc) is 2.80. The predicted octanol–water partition coefficient (Wildman–Crippen LogP) is 5.13. The number of benzene rings is 3. The first-order valence-corrected chi connectivity index (χ1v) is 12.0. The summed E-state index contributed by atoms with van der Waals surface area (Å²) in [6, 6.07) is 15.5. The first kappa shape index (κ1) is 26.9. The average molecular weight is 572 g/mol. The molecule has 3 aromatic carbocycles. The van der Waals surface area contributed by atoms with Crippen molar-refractivity contribution in [1.29, 1.82) is 0 Å². The van der Waals surface area contributed by atoms with E-state index in [1.165, 1.54) is 12.3 Å². The standard InChI is InChI=1S/C26H24BrClN4O4/c1-15-9-16(2)24(17(3)10-15)31-23(33)14-36-22-8-7-19(27)11-18(22)13-29-32-26(35)25(34)30-21-6-4-5-20(28)12-21/h4-13H,14H2,1-3H3,(H,30,34)(H,31,33)(H,32,35)/b29-13-. The minimum atomic E-state index is -0.966. The zero-order valence-electron chi connectivity index (χ0n) is 19.8. The van der Waals surface area contributed by atoms with Crippen LogP contribution in [-0.4, -0.2) is 30.5 Å². The highest BCUT2D eigenvalue weighted by atomic mass is 79.9. The van der Waals surface area contributed by atoms with Gasteiger partial charge in [-0.15, -0.1) is 0 Å². The van der Waals surface area contributed by atoms with Gasteiger partial charge in [-0.05, 0) is 68.3 Å². The van der Waals surface area contributed by atoms with Crippen LogP contribution in [-0.2, 0) is 14.4 Å². The lowest BCUT2D eigenvalue weighted by Crippen LogP contribution is -2.32. The van der Waals surface area contributed by atoms with Gasteiger partial charge in [-0.2, -0.15) is 5.10 Å². The zero-order valence-corrected chi connectivity index (χ0v) is 22.2. The maximum Gasteiger partial charge on any atom is 0.329 e. The Hall–Kier alpha value is -3.69. The number of aryl methyl sites for hydroxylation is 3. The van der Waals surface area contributed by atoms with Gasteiger partial charge >= 0.3 is 11.8 Å². The number of hydrazone groups is 1. The summed E-state index contributed by atoms with van der Waals surface area (Å²) < 4.78 is 6.43. The van der Waals surface area contributed by atoms with E-state index in [-0.39, 0.29) is 12.5 Å². The van der Waals surface area contributed by atoms with E-state index in [1.54, 1.807) is 36.4 Å². The number of nitrogens with zero attached hydrogens (tertiary/aromatic N) is 1. The van der Waals surface area contributed by atoms with E-state index in [0.29, 0.717) is 22.0 Å². The molecule has 8 nitrogen and oxygen atoms in total. The number of ether oxygens (including phenoxy) is 1. The van der Waals surface area contributed by atoms with Crippen molar-refractivity contribution in [3.8, 4) is 5.75 Å². The normalized spacial score (nSPS) is 10.7. The second-order valence-electron chi connectivity index (χ2n) is 7.96. The zero-order chi connectivity index (χ0) is 26.2. The van der Waals surface area contributed by atoms with Gasteiger partial charge in [0.2, 0.25) is 0 Å². The number of halogens is 2. The summed E-state index contributed by atoms with van der Waals surface area (Å²) in [4.78, 5) is 36.7. The number of carbonyl (C=O) groups is 3. The molecule has 3 N–H and O–H groups in total. The van der Waals surface area contributed by atoms with Gasteiger partial charge in [0.15, 0.2) is 6.61 Å². The number of anilines is 2. The van der Waals surface area contributed by atoms with Crippen molar-refractivity contribution >= 4 is 62.8 Å². The third-order valence-electron chi connectivity index (χ3n) is 4.93. The topological polar surface area (TPSA) is 109 Å². The maximum absolute atomic E-state index is 12.5. The molecule has 36 heavy (non-hydrogen) atoms. The van der Waals surface area contributed by atoms with Crippen LogP contribution in [0.2, 0.25) is 5.02 Å². The molecular formula is C26H24BrClN4O4. The van der Waals surface area contributed by atoms with E-state index in [1.807, 2.05) is 32.9 Å².